The van der Waals surface area contributed by atoms with Crippen molar-refractivity contribution < 1.29 is 37.8 Å². The molecule has 0 radical (unpaired) electrons. The van der Waals surface area contributed by atoms with Gasteiger partial charge in [0.25, 0.3) is 11.1 Å². The zero-order chi connectivity index (χ0) is 23.3. The van der Waals surface area contributed by atoms with Gasteiger partial charge in [-0.2, -0.15) is 0 Å². The fourth-order valence-electron chi connectivity index (χ4n) is 2.76. The number of hydrogen-bond acceptors (Lipinski definition) is 8. The van der Waals surface area contributed by atoms with Crippen molar-refractivity contribution in [3.05, 3.63) is 64.3 Å². The van der Waals surface area contributed by atoms with Crippen LogP contribution in [0.25, 0.3) is 6.08 Å². The van der Waals surface area contributed by atoms with Crippen LogP contribution < -0.4 is 9.47 Å². The van der Waals surface area contributed by atoms with Crippen LogP contribution in [0.4, 0.5) is 9.18 Å². The lowest BCUT2D eigenvalue weighted by molar-refractivity contribution is -0.145. The van der Waals surface area contributed by atoms with E-state index >= 15 is 0 Å². The lowest BCUT2D eigenvalue weighted by Crippen LogP contribution is -2.34. The molecule has 1 aliphatic rings. The Morgan fingerprint density at radius 1 is 1.12 bits per heavy atom. The number of nitrogens with zero attached hydrogens (tertiary/aromatic N) is 1. The summed E-state index contributed by atoms with van der Waals surface area (Å²) in [4.78, 5) is 49.4. The maximum absolute atomic E-state index is 13.8. The summed E-state index contributed by atoms with van der Waals surface area (Å²) in [6.45, 7) is 1.29. The first-order chi connectivity index (χ1) is 15.3. The minimum atomic E-state index is -0.894. The molecule has 2 aromatic carbocycles. The molecular formula is C22H18FNO7S. The maximum Gasteiger partial charge on any atom is 0.346 e. The molecule has 1 saturated heterocycles. The third-order valence-electron chi connectivity index (χ3n) is 4.25. The number of amides is 2. The van der Waals surface area contributed by atoms with Crippen LogP contribution in [0.5, 0.6) is 11.5 Å². The molecule has 10 heteroatoms. The molecule has 1 aliphatic heterocycles. The van der Waals surface area contributed by atoms with E-state index in [0.717, 1.165) is 11.0 Å². The van der Waals surface area contributed by atoms with Gasteiger partial charge in [-0.25, -0.2) is 9.18 Å². The van der Waals surface area contributed by atoms with Crippen molar-refractivity contribution in [3.63, 3.8) is 0 Å². The van der Waals surface area contributed by atoms with Gasteiger partial charge in [0.2, 0.25) is 0 Å². The topological polar surface area (TPSA) is 99.2 Å². The summed E-state index contributed by atoms with van der Waals surface area (Å²) < 4.78 is 29.1. The lowest BCUT2D eigenvalue weighted by Gasteiger charge is -2.11. The second kappa shape index (κ2) is 10.1. The van der Waals surface area contributed by atoms with E-state index in [1.807, 2.05) is 0 Å². The van der Waals surface area contributed by atoms with Gasteiger partial charge in [-0.15, -0.1) is 0 Å². The number of halogens is 1. The van der Waals surface area contributed by atoms with Crippen LogP contribution in [-0.4, -0.2) is 48.2 Å². The number of ether oxygens (including phenoxy) is 3. The lowest BCUT2D eigenvalue weighted by atomic mass is 10.1. The summed E-state index contributed by atoms with van der Waals surface area (Å²) in [6, 6.07) is 9.85. The number of thioether (sulfide) groups is 1. The smallest absolute Gasteiger partial charge is 0.346 e. The molecule has 0 aliphatic carbocycles. The van der Waals surface area contributed by atoms with Gasteiger partial charge in [0.15, 0.2) is 11.5 Å². The number of carbonyl (C=O) groups excluding carboxylic acids is 4. The van der Waals surface area contributed by atoms with Gasteiger partial charge in [-0.3, -0.25) is 19.3 Å². The number of benzene rings is 2. The van der Waals surface area contributed by atoms with E-state index in [2.05, 4.69) is 0 Å². The Labute approximate surface area is 186 Å². The summed E-state index contributed by atoms with van der Waals surface area (Å²) in [5.74, 6) is -2.70. The van der Waals surface area contributed by atoms with Gasteiger partial charge in [0, 0.05) is 0 Å². The molecule has 1 fully saturated rings. The van der Waals surface area contributed by atoms with Gasteiger partial charge in [0.1, 0.15) is 12.4 Å². The molecule has 2 amide bonds. The second-order valence-corrected chi connectivity index (χ2v) is 7.35. The van der Waals surface area contributed by atoms with Crippen molar-refractivity contribution in [3.8, 4) is 11.5 Å². The average molecular weight is 459 g/mol. The second-order valence-electron chi connectivity index (χ2n) is 6.35. The van der Waals surface area contributed by atoms with Crippen LogP contribution in [0, 0.1) is 5.82 Å². The fraction of sp³-hybridized carbons (Fsp3) is 0.182. The van der Waals surface area contributed by atoms with E-state index in [1.165, 1.54) is 49.6 Å². The first-order valence-corrected chi connectivity index (χ1v) is 10.2. The van der Waals surface area contributed by atoms with E-state index in [4.69, 9.17) is 14.2 Å². The highest BCUT2D eigenvalue weighted by Gasteiger charge is 2.36. The van der Waals surface area contributed by atoms with Crippen molar-refractivity contribution in [1.29, 1.82) is 0 Å². The van der Waals surface area contributed by atoms with Crippen LogP contribution in [0.1, 0.15) is 22.8 Å². The number of carbonyl (C=O) groups is 4. The zero-order valence-electron chi connectivity index (χ0n) is 17.1. The highest BCUT2D eigenvalue weighted by molar-refractivity contribution is 8.18. The summed E-state index contributed by atoms with van der Waals surface area (Å²) in [7, 11) is 1.35. The summed E-state index contributed by atoms with van der Waals surface area (Å²) >= 11 is 0.687. The van der Waals surface area contributed by atoms with Gasteiger partial charge < -0.3 is 14.2 Å². The van der Waals surface area contributed by atoms with Crippen molar-refractivity contribution in [1.82, 2.24) is 4.90 Å². The molecule has 32 heavy (non-hydrogen) atoms. The summed E-state index contributed by atoms with van der Waals surface area (Å²) in [5.41, 5.74) is 0.253. The van der Waals surface area contributed by atoms with Gasteiger partial charge in [0.05, 0.1) is 24.2 Å². The van der Waals surface area contributed by atoms with Gasteiger partial charge >= 0.3 is 11.9 Å². The van der Waals surface area contributed by atoms with Crippen molar-refractivity contribution in [2.75, 3.05) is 20.3 Å². The monoisotopic (exact) mass is 459 g/mol. The van der Waals surface area contributed by atoms with Crippen LogP contribution in [-0.2, 0) is 14.3 Å². The van der Waals surface area contributed by atoms with E-state index in [9.17, 15) is 23.6 Å². The molecule has 0 aromatic heterocycles. The molecule has 0 saturated carbocycles. The molecule has 0 atom stereocenters. The van der Waals surface area contributed by atoms with E-state index in [1.54, 1.807) is 6.92 Å². The Bertz CT molecular complexity index is 1120. The molecule has 0 N–H and O–H groups in total. The Hall–Kier alpha value is -3.66. The number of esters is 2. The molecule has 0 unspecified atom stereocenters. The van der Waals surface area contributed by atoms with Gasteiger partial charge in [-0.1, -0.05) is 18.2 Å². The van der Waals surface area contributed by atoms with Gasteiger partial charge in [-0.05, 0) is 54.6 Å². The minimum absolute atomic E-state index is 0.0494. The average Bonchev–Trinajstić information content (AvgIpc) is 3.02. The Morgan fingerprint density at radius 2 is 1.88 bits per heavy atom. The Kier molecular flexibility index (Phi) is 7.26. The Balaban J connectivity index is 1.78. The third kappa shape index (κ3) is 5.14. The number of hydrogen-bond donors (Lipinski definition) is 0. The molecule has 8 nitrogen and oxygen atoms in total. The predicted octanol–water partition coefficient (Wildman–Crippen LogP) is 3.65. The van der Waals surface area contributed by atoms with Crippen LogP contribution in [0.2, 0.25) is 0 Å². The highest BCUT2D eigenvalue weighted by Crippen LogP contribution is 2.34. The molecule has 0 spiro atoms. The van der Waals surface area contributed by atoms with Crippen molar-refractivity contribution >= 4 is 40.9 Å². The minimum Gasteiger partial charge on any atom is -0.493 e. The fourth-order valence-corrected chi connectivity index (χ4v) is 3.60. The van der Waals surface area contributed by atoms with Crippen molar-refractivity contribution in [2.24, 2.45) is 0 Å². The molecule has 0 bridgehead atoms. The highest BCUT2D eigenvalue weighted by atomic mass is 32.2. The molecular weight excluding hydrogens is 441 g/mol. The van der Waals surface area contributed by atoms with E-state index < -0.39 is 35.4 Å². The summed E-state index contributed by atoms with van der Waals surface area (Å²) in [5, 5.41) is -0.586. The SMILES string of the molecule is CCOC(=O)CN1C(=O)S/C(=C\c2ccc(OC(=O)c3ccccc3F)c(OC)c2)C1=O. The quantitative estimate of drug-likeness (QED) is 0.352. The van der Waals surface area contributed by atoms with Crippen LogP contribution >= 0.6 is 11.8 Å². The maximum atomic E-state index is 13.8. The Morgan fingerprint density at radius 3 is 2.56 bits per heavy atom. The van der Waals surface area contributed by atoms with Crippen molar-refractivity contribution in [2.45, 2.75) is 6.92 Å². The number of imide groups is 1. The van der Waals surface area contributed by atoms with Crippen LogP contribution in [0.3, 0.4) is 0 Å². The largest absolute Gasteiger partial charge is 0.493 e. The van der Waals surface area contributed by atoms with Crippen LogP contribution in [0.15, 0.2) is 47.4 Å². The molecule has 3 rings (SSSR count). The normalized spacial score (nSPS) is 14.6. The third-order valence-corrected chi connectivity index (χ3v) is 5.16. The zero-order valence-corrected chi connectivity index (χ0v) is 17.9. The molecule has 2 aromatic rings. The predicted molar refractivity (Wildman–Crippen MR) is 114 cm³/mol. The van der Waals surface area contributed by atoms with E-state index in [-0.39, 0.29) is 28.6 Å². The first-order valence-electron chi connectivity index (χ1n) is 9.39. The first kappa shape index (κ1) is 23.0. The molecule has 1 heterocycles. The summed E-state index contributed by atoms with van der Waals surface area (Å²) in [6.07, 6.45) is 1.45. The number of methoxy groups -OCH3 is 1. The molecule has 166 valence electrons. The standard InChI is InChI=1S/C22H18FNO7S/c1-3-30-19(25)12-24-20(26)18(32-22(24)28)11-13-8-9-16(17(10-13)29-2)31-21(27)14-6-4-5-7-15(14)23/h4-11H,3,12H2,1-2H3/b18-11-. The van der Waals surface area contributed by atoms with E-state index in [0.29, 0.717) is 17.3 Å². The number of rotatable bonds is 7.